The first-order valence-electron chi connectivity index (χ1n) is 6.75. The van der Waals surface area contributed by atoms with Crippen LogP contribution in [-0.2, 0) is 0 Å². The van der Waals surface area contributed by atoms with Crippen LogP contribution in [0, 0.1) is 11.8 Å². The first-order valence-corrected chi connectivity index (χ1v) is 6.75. The van der Waals surface area contributed by atoms with Crippen LogP contribution in [0.1, 0.15) is 48.5 Å². The van der Waals surface area contributed by atoms with Gasteiger partial charge in [-0.25, -0.2) is 0 Å². The maximum absolute atomic E-state index is 12.4. The molecule has 19 heavy (non-hydrogen) atoms. The summed E-state index contributed by atoms with van der Waals surface area (Å²) in [6.45, 7) is 2.42. The average molecular weight is 256 g/mol. The summed E-state index contributed by atoms with van der Waals surface area (Å²) in [6.07, 6.45) is 4.47. The number of carbonyl (C=O) groups is 1. The number of benzene rings is 1. The molecule has 0 spiro atoms. The van der Waals surface area contributed by atoms with E-state index >= 15 is 0 Å². The van der Waals surface area contributed by atoms with E-state index in [1.54, 1.807) is 0 Å². The monoisotopic (exact) mass is 256 g/mol. The molecule has 0 atom stereocenters. The van der Waals surface area contributed by atoms with Crippen molar-refractivity contribution in [2.75, 3.05) is 6.54 Å². The normalized spacial score (nSPS) is 16.5. The van der Waals surface area contributed by atoms with E-state index in [0.717, 1.165) is 18.4 Å². The number of hydrogen-bond donors (Lipinski definition) is 2. The van der Waals surface area contributed by atoms with E-state index < -0.39 is 0 Å². The molecule has 0 radical (unpaired) electrons. The summed E-state index contributed by atoms with van der Waals surface area (Å²) in [6, 6.07) is 7.41. The fourth-order valence-corrected chi connectivity index (χ4v) is 2.56. The molecule has 1 saturated carbocycles. The summed E-state index contributed by atoms with van der Waals surface area (Å²) in [5.41, 5.74) is 6.70. The van der Waals surface area contributed by atoms with Crippen molar-refractivity contribution in [2.45, 2.75) is 38.1 Å². The minimum atomic E-state index is -0.0640. The van der Waals surface area contributed by atoms with Crippen molar-refractivity contribution in [2.24, 2.45) is 5.73 Å². The lowest BCUT2D eigenvalue weighted by Crippen LogP contribution is -2.43. The topological polar surface area (TPSA) is 55.1 Å². The van der Waals surface area contributed by atoms with E-state index in [9.17, 15) is 4.79 Å². The third kappa shape index (κ3) is 3.36. The molecule has 3 N–H and O–H groups in total. The Morgan fingerprint density at radius 2 is 2.05 bits per heavy atom. The van der Waals surface area contributed by atoms with Gasteiger partial charge in [-0.15, -0.1) is 0 Å². The summed E-state index contributed by atoms with van der Waals surface area (Å²) in [7, 11) is 0. The van der Waals surface area contributed by atoms with Gasteiger partial charge in [-0.2, -0.15) is 0 Å². The summed E-state index contributed by atoms with van der Waals surface area (Å²) in [5.74, 6) is 5.72. The van der Waals surface area contributed by atoms with Gasteiger partial charge in [-0.1, -0.05) is 36.8 Å². The first kappa shape index (κ1) is 13.6. The first-order chi connectivity index (χ1) is 9.14. The van der Waals surface area contributed by atoms with Crippen molar-refractivity contribution in [3.63, 3.8) is 0 Å². The van der Waals surface area contributed by atoms with Gasteiger partial charge in [0, 0.05) is 11.1 Å². The van der Waals surface area contributed by atoms with E-state index in [1.165, 1.54) is 12.8 Å². The van der Waals surface area contributed by atoms with E-state index in [1.807, 2.05) is 24.3 Å². The summed E-state index contributed by atoms with van der Waals surface area (Å²) in [4.78, 5) is 12.4. The Morgan fingerprint density at radius 3 is 2.74 bits per heavy atom. The second kappa shape index (κ2) is 5.90. The van der Waals surface area contributed by atoms with Crippen molar-refractivity contribution >= 4 is 5.91 Å². The number of nitrogens with two attached hydrogens (primary N) is 1. The second-order valence-corrected chi connectivity index (χ2v) is 5.27. The Labute approximate surface area is 114 Å². The van der Waals surface area contributed by atoms with Crippen molar-refractivity contribution < 1.29 is 4.79 Å². The summed E-state index contributed by atoms with van der Waals surface area (Å²) in [5, 5.41) is 3.15. The predicted octanol–water partition coefficient (Wildman–Crippen LogP) is 2.06. The molecule has 0 saturated heterocycles. The molecular weight excluding hydrogens is 236 g/mol. The van der Waals surface area contributed by atoms with Gasteiger partial charge in [0.25, 0.3) is 5.91 Å². The fraction of sp³-hybridized carbons (Fsp3) is 0.438. The van der Waals surface area contributed by atoms with Crippen LogP contribution in [0.2, 0.25) is 0 Å². The van der Waals surface area contributed by atoms with Gasteiger partial charge in [-0.3, -0.25) is 4.79 Å². The van der Waals surface area contributed by atoms with Gasteiger partial charge in [0.1, 0.15) is 0 Å². The maximum atomic E-state index is 12.4. The van der Waals surface area contributed by atoms with Crippen LogP contribution in [0.15, 0.2) is 24.3 Å². The van der Waals surface area contributed by atoms with Crippen molar-refractivity contribution in [3.05, 3.63) is 35.4 Å². The molecule has 1 amide bonds. The van der Waals surface area contributed by atoms with Crippen molar-refractivity contribution in [1.82, 2.24) is 5.32 Å². The molecule has 1 fully saturated rings. The Morgan fingerprint density at radius 1 is 1.37 bits per heavy atom. The lowest BCUT2D eigenvalue weighted by atomic mass is 9.99. The Hall–Kier alpha value is -1.79. The predicted molar refractivity (Wildman–Crippen MR) is 76.7 cm³/mol. The van der Waals surface area contributed by atoms with Gasteiger partial charge < -0.3 is 11.1 Å². The number of amides is 1. The highest BCUT2D eigenvalue weighted by Crippen LogP contribution is 2.29. The summed E-state index contributed by atoms with van der Waals surface area (Å²) >= 11 is 0. The quantitative estimate of drug-likeness (QED) is 0.796. The maximum Gasteiger partial charge on any atom is 0.252 e. The zero-order valence-electron chi connectivity index (χ0n) is 11.3. The molecule has 100 valence electrons. The van der Waals surface area contributed by atoms with Crippen LogP contribution in [-0.4, -0.2) is 18.0 Å². The molecule has 1 aliphatic carbocycles. The molecule has 3 nitrogen and oxygen atoms in total. The molecule has 1 aliphatic rings. The van der Waals surface area contributed by atoms with Crippen LogP contribution < -0.4 is 11.1 Å². The molecule has 0 bridgehead atoms. The number of nitrogens with one attached hydrogen (secondary N) is 1. The highest BCUT2D eigenvalue weighted by atomic mass is 16.1. The van der Waals surface area contributed by atoms with E-state index in [2.05, 4.69) is 24.1 Å². The zero-order valence-corrected chi connectivity index (χ0v) is 11.3. The van der Waals surface area contributed by atoms with Crippen LogP contribution in [0.25, 0.3) is 0 Å². The molecule has 2 rings (SSSR count). The largest absolute Gasteiger partial charge is 0.347 e. The Balaban J connectivity index is 2.19. The minimum absolute atomic E-state index is 0.0358. The van der Waals surface area contributed by atoms with Gasteiger partial charge in [-0.05, 0) is 31.9 Å². The van der Waals surface area contributed by atoms with Gasteiger partial charge in [0.05, 0.1) is 12.1 Å². The summed E-state index contributed by atoms with van der Waals surface area (Å²) < 4.78 is 0. The van der Waals surface area contributed by atoms with Gasteiger partial charge >= 0.3 is 0 Å². The van der Waals surface area contributed by atoms with E-state index in [-0.39, 0.29) is 11.4 Å². The molecule has 1 aromatic rings. The van der Waals surface area contributed by atoms with E-state index in [0.29, 0.717) is 12.1 Å². The van der Waals surface area contributed by atoms with Crippen LogP contribution in [0.4, 0.5) is 0 Å². The number of hydrogen-bond acceptors (Lipinski definition) is 2. The highest BCUT2D eigenvalue weighted by Gasteiger charge is 2.30. The van der Waals surface area contributed by atoms with Crippen LogP contribution in [0.3, 0.4) is 0 Å². The molecular formula is C16H20N2O. The third-order valence-corrected chi connectivity index (χ3v) is 3.62. The Kier molecular flexibility index (Phi) is 4.24. The molecule has 0 aliphatic heterocycles. The minimum Gasteiger partial charge on any atom is -0.347 e. The molecule has 0 heterocycles. The van der Waals surface area contributed by atoms with Gasteiger partial charge in [0.15, 0.2) is 0 Å². The van der Waals surface area contributed by atoms with Crippen molar-refractivity contribution in [3.8, 4) is 11.8 Å². The lowest BCUT2D eigenvalue weighted by molar-refractivity contribution is 0.0908. The van der Waals surface area contributed by atoms with Gasteiger partial charge in [0.2, 0.25) is 0 Å². The average Bonchev–Trinajstić information content (AvgIpc) is 2.83. The smallest absolute Gasteiger partial charge is 0.252 e. The molecule has 3 heteroatoms. The highest BCUT2D eigenvalue weighted by molar-refractivity contribution is 5.97. The molecule has 1 aromatic carbocycles. The molecule has 0 aromatic heterocycles. The second-order valence-electron chi connectivity index (χ2n) is 5.27. The fourth-order valence-electron chi connectivity index (χ4n) is 2.56. The van der Waals surface area contributed by atoms with E-state index in [4.69, 9.17) is 5.73 Å². The van der Waals surface area contributed by atoms with Crippen molar-refractivity contribution in [1.29, 1.82) is 0 Å². The van der Waals surface area contributed by atoms with Crippen LogP contribution in [0.5, 0.6) is 0 Å². The number of rotatable bonds is 2. The lowest BCUT2D eigenvalue weighted by Gasteiger charge is -2.25. The third-order valence-electron chi connectivity index (χ3n) is 3.62. The Bertz CT molecular complexity index is 519. The molecule has 0 unspecified atom stereocenters. The zero-order chi connectivity index (χ0) is 13.7. The number of carbonyl (C=O) groups excluding carboxylic acids is 1. The van der Waals surface area contributed by atoms with Crippen LogP contribution >= 0.6 is 0 Å². The standard InChI is InChI=1S/C16H20N2O/c1-16(10-4-5-11-16)18-15(19)14-9-3-2-7-13(14)8-6-12-17/h2-3,7,9H,4-5,10-12,17H2,1H3,(H,18,19). The SMILES string of the molecule is CC1(NC(=O)c2ccccc2C#CCN)CCCC1.